The number of aromatic nitrogens is 2. The molecular formula is C23H25N3O4. The molecule has 0 bridgehead atoms. The minimum Gasteiger partial charge on any atom is -0.493 e. The first-order chi connectivity index (χ1) is 14.5. The van der Waals surface area contributed by atoms with Gasteiger partial charge in [-0.3, -0.25) is 14.6 Å². The van der Waals surface area contributed by atoms with E-state index in [1.165, 1.54) is 0 Å². The summed E-state index contributed by atoms with van der Waals surface area (Å²) in [5.74, 6) is 0.907. The third-order valence-corrected chi connectivity index (χ3v) is 4.87. The predicted molar refractivity (Wildman–Crippen MR) is 114 cm³/mol. The molecule has 0 saturated carbocycles. The minimum atomic E-state index is -0.387. The van der Waals surface area contributed by atoms with Gasteiger partial charge in [0.1, 0.15) is 5.56 Å². The standard InChI is InChI=1S/C23H25N3O4/c1-16-8-11-26(12-9-17-6-7-19(29-2)20(13-17)30-3)23(28)21(16)22(27)25-15-18-5-4-10-24-14-18/h4-8,10-11,13-14H,9,12,15H2,1-3H3,(H,25,27). The topological polar surface area (TPSA) is 82.5 Å². The van der Waals surface area contributed by atoms with Crippen LogP contribution in [-0.4, -0.2) is 29.7 Å². The Hall–Kier alpha value is -3.61. The van der Waals surface area contributed by atoms with Crippen LogP contribution >= 0.6 is 0 Å². The number of nitrogens with one attached hydrogen (secondary N) is 1. The molecule has 0 fully saturated rings. The average Bonchev–Trinajstić information content (AvgIpc) is 2.77. The maximum absolute atomic E-state index is 12.9. The van der Waals surface area contributed by atoms with Gasteiger partial charge in [0.05, 0.1) is 14.2 Å². The van der Waals surface area contributed by atoms with Gasteiger partial charge in [0, 0.05) is 31.7 Å². The molecule has 0 aliphatic carbocycles. The van der Waals surface area contributed by atoms with Crippen molar-refractivity contribution in [1.82, 2.24) is 14.9 Å². The zero-order valence-electron chi connectivity index (χ0n) is 17.3. The van der Waals surface area contributed by atoms with Crippen molar-refractivity contribution in [3.8, 4) is 11.5 Å². The predicted octanol–water partition coefficient (Wildman–Crippen LogP) is 2.74. The van der Waals surface area contributed by atoms with E-state index in [-0.39, 0.29) is 17.0 Å². The highest BCUT2D eigenvalue weighted by atomic mass is 16.5. The van der Waals surface area contributed by atoms with Crippen LogP contribution < -0.4 is 20.3 Å². The number of aryl methyl sites for hydroxylation is 3. The maximum Gasteiger partial charge on any atom is 0.263 e. The summed E-state index contributed by atoms with van der Waals surface area (Å²) in [6, 6.07) is 11.1. The van der Waals surface area contributed by atoms with Crippen molar-refractivity contribution in [2.45, 2.75) is 26.4 Å². The van der Waals surface area contributed by atoms with E-state index in [4.69, 9.17) is 9.47 Å². The number of carbonyl (C=O) groups excluding carboxylic acids is 1. The zero-order valence-corrected chi connectivity index (χ0v) is 17.3. The first-order valence-corrected chi connectivity index (χ1v) is 9.61. The highest BCUT2D eigenvalue weighted by Gasteiger charge is 2.16. The Balaban J connectivity index is 1.74. The van der Waals surface area contributed by atoms with Crippen molar-refractivity contribution in [2.24, 2.45) is 0 Å². The van der Waals surface area contributed by atoms with E-state index in [1.54, 1.807) is 56.4 Å². The number of hydrogen-bond donors (Lipinski definition) is 1. The lowest BCUT2D eigenvalue weighted by Gasteiger charge is -2.12. The highest BCUT2D eigenvalue weighted by molar-refractivity contribution is 5.95. The molecule has 0 spiro atoms. The van der Waals surface area contributed by atoms with Crippen LogP contribution in [0.3, 0.4) is 0 Å². The van der Waals surface area contributed by atoms with E-state index in [1.807, 2.05) is 24.3 Å². The summed E-state index contributed by atoms with van der Waals surface area (Å²) in [5.41, 5.74) is 2.37. The van der Waals surface area contributed by atoms with Crippen molar-refractivity contribution in [1.29, 1.82) is 0 Å². The molecule has 1 N–H and O–H groups in total. The van der Waals surface area contributed by atoms with E-state index in [0.717, 1.165) is 11.1 Å². The molecule has 156 valence electrons. The number of carbonyl (C=O) groups is 1. The molecule has 2 heterocycles. The Morgan fingerprint density at radius 1 is 1.10 bits per heavy atom. The van der Waals surface area contributed by atoms with E-state index in [2.05, 4.69) is 10.3 Å². The normalized spacial score (nSPS) is 10.5. The van der Waals surface area contributed by atoms with Crippen LogP contribution in [0.25, 0.3) is 0 Å². The molecule has 0 radical (unpaired) electrons. The van der Waals surface area contributed by atoms with Crippen LogP contribution in [0.15, 0.2) is 59.8 Å². The summed E-state index contributed by atoms with van der Waals surface area (Å²) in [4.78, 5) is 29.6. The summed E-state index contributed by atoms with van der Waals surface area (Å²) in [6.45, 7) is 2.52. The molecule has 7 nitrogen and oxygen atoms in total. The fourth-order valence-electron chi connectivity index (χ4n) is 3.18. The van der Waals surface area contributed by atoms with Gasteiger partial charge in [-0.2, -0.15) is 0 Å². The summed E-state index contributed by atoms with van der Waals surface area (Å²) < 4.78 is 12.1. The highest BCUT2D eigenvalue weighted by Crippen LogP contribution is 2.27. The maximum atomic E-state index is 12.9. The molecule has 0 saturated heterocycles. The second-order valence-electron chi connectivity index (χ2n) is 6.86. The Morgan fingerprint density at radius 2 is 1.90 bits per heavy atom. The van der Waals surface area contributed by atoms with Crippen molar-refractivity contribution in [2.75, 3.05) is 14.2 Å². The summed E-state index contributed by atoms with van der Waals surface area (Å²) in [7, 11) is 3.17. The Labute approximate surface area is 175 Å². The number of benzene rings is 1. The number of hydrogen-bond acceptors (Lipinski definition) is 5. The van der Waals surface area contributed by atoms with Gasteiger partial charge in [-0.1, -0.05) is 12.1 Å². The van der Waals surface area contributed by atoms with Gasteiger partial charge < -0.3 is 19.4 Å². The molecular weight excluding hydrogens is 382 g/mol. The summed E-state index contributed by atoms with van der Waals surface area (Å²) in [6.07, 6.45) is 5.68. The second-order valence-corrected chi connectivity index (χ2v) is 6.86. The Kier molecular flexibility index (Phi) is 6.85. The molecule has 0 unspecified atom stereocenters. The van der Waals surface area contributed by atoms with E-state index >= 15 is 0 Å². The van der Waals surface area contributed by atoms with Crippen LogP contribution in [0, 0.1) is 6.92 Å². The van der Waals surface area contributed by atoms with E-state index < -0.39 is 0 Å². The van der Waals surface area contributed by atoms with Gasteiger partial charge in [-0.15, -0.1) is 0 Å². The van der Waals surface area contributed by atoms with Crippen LogP contribution in [0.2, 0.25) is 0 Å². The third kappa shape index (κ3) is 4.86. The average molecular weight is 407 g/mol. The van der Waals surface area contributed by atoms with Gasteiger partial charge in [0.25, 0.3) is 11.5 Å². The molecule has 3 aromatic rings. The Morgan fingerprint density at radius 3 is 2.60 bits per heavy atom. The molecule has 1 amide bonds. The van der Waals surface area contributed by atoms with Crippen molar-refractivity contribution in [3.05, 3.63) is 87.6 Å². The number of methoxy groups -OCH3 is 2. The molecule has 3 rings (SSSR count). The van der Waals surface area contributed by atoms with Crippen molar-refractivity contribution < 1.29 is 14.3 Å². The molecule has 0 aliphatic heterocycles. The van der Waals surface area contributed by atoms with Gasteiger partial charge in [0.15, 0.2) is 11.5 Å². The molecule has 0 atom stereocenters. The lowest BCUT2D eigenvalue weighted by Crippen LogP contribution is -2.34. The Bertz CT molecular complexity index is 1080. The van der Waals surface area contributed by atoms with Gasteiger partial charge >= 0.3 is 0 Å². The van der Waals surface area contributed by atoms with Crippen LogP contribution in [0.1, 0.15) is 27.0 Å². The number of rotatable bonds is 8. The summed E-state index contributed by atoms with van der Waals surface area (Å²) in [5, 5.41) is 2.80. The van der Waals surface area contributed by atoms with Gasteiger partial charge in [-0.25, -0.2) is 0 Å². The fourth-order valence-corrected chi connectivity index (χ4v) is 3.18. The molecule has 1 aromatic carbocycles. The van der Waals surface area contributed by atoms with Crippen LogP contribution in [0.4, 0.5) is 0 Å². The first-order valence-electron chi connectivity index (χ1n) is 9.61. The number of amides is 1. The fraction of sp³-hybridized carbons (Fsp3) is 0.261. The van der Waals surface area contributed by atoms with Gasteiger partial charge in [-0.05, 0) is 54.3 Å². The second kappa shape index (κ2) is 9.73. The van der Waals surface area contributed by atoms with Crippen molar-refractivity contribution >= 4 is 5.91 Å². The third-order valence-electron chi connectivity index (χ3n) is 4.87. The van der Waals surface area contributed by atoms with Crippen LogP contribution in [-0.2, 0) is 19.5 Å². The number of pyridine rings is 2. The molecule has 30 heavy (non-hydrogen) atoms. The molecule has 2 aromatic heterocycles. The smallest absolute Gasteiger partial charge is 0.263 e. The van der Waals surface area contributed by atoms with E-state index in [0.29, 0.717) is 36.6 Å². The van der Waals surface area contributed by atoms with Crippen molar-refractivity contribution in [3.63, 3.8) is 0 Å². The number of ether oxygens (including phenoxy) is 2. The minimum absolute atomic E-state index is 0.161. The largest absolute Gasteiger partial charge is 0.493 e. The molecule has 7 heteroatoms. The van der Waals surface area contributed by atoms with Gasteiger partial charge in [0.2, 0.25) is 0 Å². The summed E-state index contributed by atoms with van der Waals surface area (Å²) >= 11 is 0. The van der Waals surface area contributed by atoms with Crippen LogP contribution in [0.5, 0.6) is 11.5 Å². The lowest BCUT2D eigenvalue weighted by molar-refractivity contribution is 0.0948. The lowest BCUT2D eigenvalue weighted by atomic mass is 10.1. The molecule has 0 aliphatic rings. The zero-order chi connectivity index (χ0) is 21.5. The quantitative estimate of drug-likeness (QED) is 0.621. The monoisotopic (exact) mass is 407 g/mol. The first kappa shape index (κ1) is 21.1. The number of nitrogens with zero attached hydrogens (tertiary/aromatic N) is 2. The van der Waals surface area contributed by atoms with E-state index in [9.17, 15) is 9.59 Å². The SMILES string of the molecule is COc1ccc(CCn2ccc(C)c(C(=O)NCc3cccnc3)c2=O)cc1OC.